The molecule has 14 heavy (non-hydrogen) atoms. The van der Waals surface area contributed by atoms with Gasteiger partial charge in [-0.1, -0.05) is 0 Å². The van der Waals surface area contributed by atoms with Crippen molar-refractivity contribution in [3.05, 3.63) is 29.7 Å². The van der Waals surface area contributed by atoms with E-state index >= 15 is 0 Å². The van der Waals surface area contributed by atoms with E-state index in [1.54, 1.807) is 17.9 Å². The highest BCUT2D eigenvalue weighted by Gasteiger charge is 2.03. The van der Waals surface area contributed by atoms with Crippen molar-refractivity contribution in [2.24, 2.45) is 5.73 Å². The molecule has 72 valence electrons. The van der Waals surface area contributed by atoms with Crippen molar-refractivity contribution >= 4 is 11.3 Å². The van der Waals surface area contributed by atoms with Crippen LogP contribution in [0.1, 0.15) is 5.69 Å². The van der Waals surface area contributed by atoms with Gasteiger partial charge in [-0.25, -0.2) is 9.97 Å². The van der Waals surface area contributed by atoms with Crippen LogP contribution in [-0.2, 0) is 6.42 Å². The number of nitrogens with zero attached hydrogens (tertiary/aromatic N) is 3. The Bertz CT molecular complexity index is 399. The Kier molecular flexibility index (Phi) is 2.81. The van der Waals surface area contributed by atoms with Gasteiger partial charge in [-0.2, -0.15) is 0 Å². The van der Waals surface area contributed by atoms with Crippen molar-refractivity contribution in [1.82, 2.24) is 15.0 Å². The number of nitrogens with two attached hydrogens (primary N) is 1. The van der Waals surface area contributed by atoms with Crippen LogP contribution >= 0.6 is 11.3 Å². The molecule has 0 saturated heterocycles. The minimum atomic E-state index is 0.610. The number of thiazole rings is 1. The van der Waals surface area contributed by atoms with E-state index in [9.17, 15) is 0 Å². The average molecular weight is 206 g/mol. The molecule has 0 aliphatic heterocycles. The highest BCUT2D eigenvalue weighted by Crippen LogP contribution is 2.18. The smallest absolute Gasteiger partial charge is 0.171 e. The predicted molar refractivity (Wildman–Crippen MR) is 55.9 cm³/mol. The molecule has 0 radical (unpaired) electrons. The first kappa shape index (κ1) is 9.23. The van der Waals surface area contributed by atoms with Crippen molar-refractivity contribution in [1.29, 1.82) is 0 Å². The molecule has 5 heteroatoms. The predicted octanol–water partition coefficient (Wildman–Crippen LogP) is 1.10. The number of hydrogen-bond acceptors (Lipinski definition) is 5. The third-order valence-corrected chi connectivity index (χ3v) is 2.54. The van der Waals surface area contributed by atoms with Gasteiger partial charge >= 0.3 is 0 Å². The fourth-order valence-electron chi connectivity index (χ4n) is 1.13. The Morgan fingerprint density at radius 3 is 3.07 bits per heavy atom. The maximum atomic E-state index is 5.46. The third kappa shape index (κ3) is 1.94. The molecule has 0 fully saturated rings. The summed E-state index contributed by atoms with van der Waals surface area (Å²) in [6, 6.07) is 1.89. The van der Waals surface area contributed by atoms with Gasteiger partial charge in [0.25, 0.3) is 0 Å². The number of rotatable bonds is 3. The SMILES string of the molecule is NCCc1ccnc(-c2cncs2)n1. The zero-order valence-electron chi connectivity index (χ0n) is 7.55. The molecule has 2 aromatic heterocycles. The molecule has 2 heterocycles. The second-order valence-electron chi connectivity index (χ2n) is 2.78. The summed E-state index contributed by atoms with van der Waals surface area (Å²) in [6.07, 6.45) is 4.31. The Balaban J connectivity index is 2.31. The lowest BCUT2D eigenvalue weighted by Crippen LogP contribution is -2.05. The molecular weight excluding hydrogens is 196 g/mol. The average Bonchev–Trinajstić information content (AvgIpc) is 2.71. The zero-order valence-corrected chi connectivity index (χ0v) is 8.37. The van der Waals surface area contributed by atoms with Crippen LogP contribution in [0.4, 0.5) is 0 Å². The first-order chi connectivity index (χ1) is 6.90. The highest BCUT2D eigenvalue weighted by atomic mass is 32.1. The molecule has 2 aromatic rings. The first-order valence-electron chi connectivity index (χ1n) is 4.31. The van der Waals surface area contributed by atoms with E-state index in [-0.39, 0.29) is 0 Å². The zero-order chi connectivity index (χ0) is 9.80. The van der Waals surface area contributed by atoms with Crippen molar-refractivity contribution in [3.63, 3.8) is 0 Å². The topological polar surface area (TPSA) is 64.7 Å². The third-order valence-electron chi connectivity index (χ3n) is 1.77. The largest absolute Gasteiger partial charge is 0.330 e. The molecule has 2 rings (SSSR count). The lowest BCUT2D eigenvalue weighted by molar-refractivity contribution is 0.914. The van der Waals surface area contributed by atoms with E-state index in [0.29, 0.717) is 6.54 Å². The number of aromatic nitrogens is 3. The maximum absolute atomic E-state index is 5.46. The minimum absolute atomic E-state index is 0.610. The van der Waals surface area contributed by atoms with Crippen molar-refractivity contribution < 1.29 is 0 Å². The van der Waals surface area contributed by atoms with Gasteiger partial charge in [-0.15, -0.1) is 11.3 Å². The van der Waals surface area contributed by atoms with Gasteiger partial charge in [0.15, 0.2) is 5.82 Å². The van der Waals surface area contributed by atoms with Gasteiger partial charge in [0, 0.05) is 24.5 Å². The van der Waals surface area contributed by atoms with Crippen molar-refractivity contribution in [2.45, 2.75) is 6.42 Å². The Morgan fingerprint density at radius 2 is 2.36 bits per heavy atom. The minimum Gasteiger partial charge on any atom is -0.330 e. The summed E-state index contributed by atoms with van der Waals surface area (Å²) < 4.78 is 0. The Morgan fingerprint density at radius 1 is 1.43 bits per heavy atom. The standard InChI is InChI=1S/C9H10N4S/c10-3-1-7-2-4-12-9(13-7)8-5-11-6-14-8/h2,4-6H,1,3,10H2. The van der Waals surface area contributed by atoms with E-state index in [4.69, 9.17) is 5.73 Å². The van der Waals surface area contributed by atoms with E-state index in [1.165, 1.54) is 11.3 Å². The number of hydrogen-bond donors (Lipinski definition) is 1. The fraction of sp³-hybridized carbons (Fsp3) is 0.222. The maximum Gasteiger partial charge on any atom is 0.171 e. The summed E-state index contributed by atoms with van der Waals surface area (Å²) in [7, 11) is 0. The van der Waals surface area contributed by atoms with Crippen LogP contribution in [0.3, 0.4) is 0 Å². The molecule has 0 unspecified atom stereocenters. The second kappa shape index (κ2) is 4.26. The molecule has 0 aromatic carbocycles. The molecule has 0 aliphatic carbocycles. The van der Waals surface area contributed by atoms with Gasteiger partial charge in [0.05, 0.1) is 10.4 Å². The summed E-state index contributed by atoms with van der Waals surface area (Å²) >= 11 is 1.54. The molecule has 0 spiro atoms. The van der Waals surface area contributed by atoms with Gasteiger partial charge in [-0.05, 0) is 12.6 Å². The molecule has 2 N–H and O–H groups in total. The summed E-state index contributed by atoms with van der Waals surface area (Å²) in [6.45, 7) is 0.610. The van der Waals surface area contributed by atoms with Gasteiger partial charge < -0.3 is 5.73 Å². The highest BCUT2D eigenvalue weighted by molar-refractivity contribution is 7.13. The summed E-state index contributed by atoms with van der Waals surface area (Å²) in [5.74, 6) is 0.735. The van der Waals surface area contributed by atoms with Gasteiger partial charge in [-0.3, -0.25) is 4.98 Å². The summed E-state index contributed by atoms with van der Waals surface area (Å²) in [5, 5.41) is 0. The van der Waals surface area contributed by atoms with Crippen molar-refractivity contribution in [2.75, 3.05) is 6.54 Å². The monoisotopic (exact) mass is 206 g/mol. The molecule has 0 atom stereocenters. The summed E-state index contributed by atoms with van der Waals surface area (Å²) in [5.41, 5.74) is 8.21. The van der Waals surface area contributed by atoms with Crippen LogP contribution in [0.2, 0.25) is 0 Å². The second-order valence-corrected chi connectivity index (χ2v) is 3.66. The van der Waals surface area contributed by atoms with Crippen LogP contribution in [0.5, 0.6) is 0 Å². The molecule has 0 amide bonds. The molecule has 0 bridgehead atoms. The van der Waals surface area contributed by atoms with Crippen molar-refractivity contribution in [3.8, 4) is 10.7 Å². The van der Waals surface area contributed by atoms with E-state index in [2.05, 4.69) is 15.0 Å². The normalized spacial score (nSPS) is 10.4. The van der Waals surface area contributed by atoms with E-state index in [0.717, 1.165) is 22.8 Å². The Labute approximate surface area is 85.9 Å². The lowest BCUT2D eigenvalue weighted by atomic mass is 10.3. The first-order valence-corrected chi connectivity index (χ1v) is 5.19. The summed E-state index contributed by atoms with van der Waals surface area (Å²) in [4.78, 5) is 13.5. The van der Waals surface area contributed by atoms with E-state index < -0.39 is 0 Å². The van der Waals surface area contributed by atoms with Gasteiger partial charge in [0.2, 0.25) is 0 Å². The molecule has 0 aliphatic rings. The van der Waals surface area contributed by atoms with Crippen LogP contribution in [0, 0.1) is 0 Å². The molecule has 0 saturated carbocycles. The van der Waals surface area contributed by atoms with Crippen LogP contribution in [0.25, 0.3) is 10.7 Å². The Hall–Kier alpha value is -1.33. The molecular formula is C9H10N4S. The van der Waals surface area contributed by atoms with E-state index in [1.807, 2.05) is 6.07 Å². The van der Waals surface area contributed by atoms with Crippen LogP contribution < -0.4 is 5.73 Å². The van der Waals surface area contributed by atoms with Gasteiger partial charge in [0.1, 0.15) is 0 Å². The lowest BCUT2D eigenvalue weighted by Gasteiger charge is -1.99. The quantitative estimate of drug-likeness (QED) is 0.816. The van der Waals surface area contributed by atoms with Crippen LogP contribution in [0.15, 0.2) is 24.0 Å². The fourth-order valence-corrected chi connectivity index (χ4v) is 1.69. The molecule has 4 nitrogen and oxygen atoms in total. The van der Waals surface area contributed by atoms with Crippen LogP contribution in [-0.4, -0.2) is 21.5 Å².